The van der Waals surface area contributed by atoms with Gasteiger partial charge in [-0.05, 0) is 12.8 Å². The Hall–Kier alpha value is -1.92. The van der Waals surface area contributed by atoms with Gasteiger partial charge in [-0.25, -0.2) is 4.98 Å². The molecular weight excluding hydrogens is 258 g/mol. The van der Waals surface area contributed by atoms with E-state index < -0.39 is 0 Å². The quantitative estimate of drug-likeness (QED) is 0.730. The topological polar surface area (TPSA) is 99.8 Å². The van der Waals surface area contributed by atoms with Crippen LogP contribution >= 0.6 is 0 Å². The molecule has 0 radical (unpaired) electrons. The van der Waals surface area contributed by atoms with Gasteiger partial charge in [0.05, 0.1) is 0 Å². The van der Waals surface area contributed by atoms with E-state index >= 15 is 0 Å². The molecule has 0 aromatic carbocycles. The van der Waals surface area contributed by atoms with Crippen molar-refractivity contribution in [1.29, 1.82) is 0 Å². The zero-order valence-electron chi connectivity index (χ0n) is 12.1. The minimum atomic E-state index is -0.365. The number of rotatable bonds is 5. The summed E-state index contributed by atoms with van der Waals surface area (Å²) in [6.07, 6.45) is 2.40. The third-order valence-corrected chi connectivity index (χ3v) is 2.98. The molecule has 7 heteroatoms. The van der Waals surface area contributed by atoms with Crippen LogP contribution in [0.1, 0.15) is 56.5 Å². The molecule has 0 saturated heterocycles. The lowest BCUT2D eigenvalue weighted by molar-refractivity contribution is -0.121. The predicted molar refractivity (Wildman–Crippen MR) is 73.2 cm³/mol. The molecule has 1 aromatic rings. The summed E-state index contributed by atoms with van der Waals surface area (Å²) in [5.41, 5.74) is -0.185. The van der Waals surface area contributed by atoms with Crippen LogP contribution in [0.4, 0.5) is 0 Å². The van der Waals surface area contributed by atoms with Gasteiger partial charge in [0.2, 0.25) is 11.7 Å². The lowest BCUT2D eigenvalue weighted by Gasteiger charge is -2.12. The van der Waals surface area contributed by atoms with Gasteiger partial charge in [-0.15, -0.1) is 5.10 Å². The smallest absolute Gasteiger partial charge is 0.290 e. The van der Waals surface area contributed by atoms with E-state index in [1.165, 1.54) is 0 Å². The fourth-order valence-electron chi connectivity index (χ4n) is 1.59. The summed E-state index contributed by atoms with van der Waals surface area (Å²) in [6.45, 7) is 6.24. The summed E-state index contributed by atoms with van der Waals surface area (Å²) in [4.78, 5) is 27.4. The fourth-order valence-corrected chi connectivity index (χ4v) is 1.59. The summed E-state index contributed by atoms with van der Waals surface area (Å²) < 4.78 is 0. The number of amides is 2. The lowest BCUT2D eigenvalue weighted by Crippen LogP contribution is -2.32. The molecule has 3 N–H and O–H groups in total. The van der Waals surface area contributed by atoms with E-state index in [1.807, 2.05) is 20.8 Å². The molecule has 2 amide bonds. The Morgan fingerprint density at radius 3 is 2.60 bits per heavy atom. The van der Waals surface area contributed by atoms with E-state index in [9.17, 15) is 9.59 Å². The van der Waals surface area contributed by atoms with Gasteiger partial charge in [0.25, 0.3) is 5.91 Å². The largest absolute Gasteiger partial charge is 0.353 e. The van der Waals surface area contributed by atoms with Gasteiger partial charge < -0.3 is 10.6 Å². The Morgan fingerprint density at radius 2 is 2.05 bits per heavy atom. The zero-order valence-corrected chi connectivity index (χ0v) is 12.1. The number of hydrogen-bond acceptors (Lipinski definition) is 4. The van der Waals surface area contributed by atoms with Crippen LogP contribution in [0.5, 0.6) is 0 Å². The van der Waals surface area contributed by atoms with Gasteiger partial charge in [0.1, 0.15) is 5.82 Å². The number of carbonyl (C=O) groups is 2. The Morgan fingerprint density at radius 1 is 1.35 bits per heavy atom. The van der Waals surface area contributed by atoms with E-state index in [1.54, 1.807) is 0 Å². The van der Waals surface area contributed by atoms with Crippen molar-refractivity contribution < 1.29 is 9.59 Å². The van der Waals surface area contributed by atoms with Crippen molar-refractivity contribution in [2.75, 3.05) is 6.54 Å². The third kappa shape index (κ3) is 4.04. The molecule has 0 spiro atoms. The maximum Gasteiger partial charge on any atom is 0.290 e. The van der Waals surface area contributed by atoms with Gasteiger partial charge >= 0.3 is 0 Å². The van der Waals surface area contributed by atoms with Crippen LogP contribution in [0.15, 0.2) is 0 Å². The number of aromatic nitrogens is 3. The molecule has 1 aromatic heterocycles. The zero-order chi connectivity index (χ0) is 14.8. The summed E-state index contributed by atoms with van der Waals surface area (Å²) in [5, 5.41) is 12.2. The molecule has 1 fully saturated rings. The molecule has 20 heavy (non-hydrogen) atoms. The van der Waals surface area contributed by atoms with Crippen molar-refractivity contribution in [3.8, 4) is 0 Å². The third-order valence-electron chi connectivity index (χ3n) is 2.98. The van der Waals surface area contributed by atoms with Crippen molar-refractivity contribution in [1.82, 2.24) is 25.8 Å². The maximum absolute atomic E-state index is 11.8. The van der Waals surface area contributed by atoms with Crippen LogP contribution in [0.2, 0.25) is 0 Å². The second-order valence-corrected chi connectivity index (χ2v) is 6.11. The van der Waals surface area contributed by atoms with Gasteiger partial charge in [-0.2, -0.15) is 0 Å². The SMILES string of the molecule is CC(C)(C)c1nc(C(=O)NCCC(=O)NC2CC2)n[nH]1. The molecule has 1 heterocycles. The van der Waals surface area contributed by atoms with Crippen molar-refractivity contribution >= 4 is 11.8 Å². The van der Waals surface area contributed by atoms with Gasteiger partial charge in [-0.1, -0.05) is 20.8 Å². The highest BCUT2D eigenvalue weighted by molar-refractivity contribution is 5.90. The number of hydrogen-bond donors (Lipinski definition) is 3. The number of H-pyrrole nitrogens is 1. The molecule has 0 bridgehead atoms. The molecule has 2 rings (SSSR count). The Kier molecular flexibility index (Phi) is 4.06. The Balaban J connectivity index is 1.76. The van der Waals surface area contributed by atoms with Crippen molar-refractivity contribution in [2.45, 2.75) is 51.5 Å². The van der Waals surface area contributed by atoms with E-state index in [4.69, 9.17) is 0 Å². The minimum Gasteiger partial charge on any atom is -0.353 e. The van der Waals surface area contributed by atoms with Crippen molar-refractivity contribution in [3.05, 3.63) is 11.6 Å². The fraction of sp³-hybridized carbons (Fsp3) is 0.692. The van der Waals surface area contributed by atoms with Crippen molar-refractivity contribution in [2.24, 2.45) is 0 Å². The summed E-state index contributed by atoms with van der Waals surface area (Å²) in [6, 6.07) is 0.348. The molecule has 0 atom stereocenters. The first kappa shape index (κ1) is 14.5. The highest BCUT2D eigenvalue weighted by Gasteiger charge is 2.23. The van der Waals surface area contributed by atoms with E-state index in [0.29, 0.717) is 11.9 Å². The highest BCUT2D eigenvalue weighted by atomic mass is 16.2. The Bertz CT molecular complexity index is 499. The summed E-state index contributed by atoms with van der Waals surface area (Å²) in [5.74, 6) is 0.376. The highest BCUT2D eigenvalue weighted by Crippen LogP contribution is 2.18. The van der Waals surface area contributed by atoms with Crippen LogP contribution in [0, 0.1) is 0 Å². The van der Waals surface area contributed by atoms with E-state index in [-0.39, 0.29) is 36.0 Å². The average Bonchev–Trinajstić information content (AvgIpc) is 3.00. The monoisotopic (exact) mass is 279 g/mol. The standard InChI is InChI=1S/C13H21N5O2/c1-13(2,3)12-16-10(17-18-12)11(20)14-7-6-9(19)15-8-4-5-8/h8H,4-7H2,1-3H3,(H,14,20)(H,15,19)(H,16,17,18). The van der Waals surface area contributed by atoms with Crippen LogP contribution in [0.25, 0.3) is 0 Å². The van der Waals surface area contributed by atoms with E-state index in [2.05, 4.69) is 25.8 Å². The van der Waals surface area contributed by atoms with Crippen LogP contribution in [0.3, 0.4) is 0 Å². The molecule has 110 valence electrons. The molecule has 1 aliphatic rings. The van der Waals surface area contributed by atoms with Gasteiger partial charge in [-0.3, -0.25) is 14.7 Å². The number of carbonyl (C=O) groups excluding carboxylic acids is 2. The second-order valence-electron chi connectivity index (χ2n) is 6.11. The average molecular weight is 279 g/mol. The summed E-state index contributed by atoms with van der Waals surface area (Å²) >= 11 is 0. The first-order chi connectivity index (χ1) is 9.36. The molecule has 0 unspecified atom stereocenters. The van der Waals surface area contributed by atoms with Gasteiger partial charge in [0.15, 0.2) is 0 Å². The normalized spacial score (nSPS) is 14.9. The molecule has 1 aliphatic carbocycles. The van der Waals surface area contributed by atoms with Crippen molar-refractivity contribution in [3.63, 3.8) is 0 Å². The molecule has 7 nitrogen and oxygen atoms in total. The Labute approximate surface area is 117 Å². The van der Waals surface area contributed by atoms with Crippen LogP contribution in [-0.2, 0) is 10.2 Å². The minimum absolute atomic E-state index is 0.0295. The number of aromatic amines is 1. The van der Waals surface area contributed by atoms with Crippen LogP contribution in [-0.4, -0.2) is 39.6 Å². The predicted octanol–water partition coefficient (Wildman–Crippen LogP) is 0.501. The molecule has 0 aliphatic heterocycles. The first-order valence-electron chi connectivity index (χ1n) is 6.86. The maximum atomic E-state index is 11.8. The first-order valence-corrected chi connectivity index (χ1v) is 6.86. The number of nitrogens with zero attached hydrogens (tertiary/aromatic N) is 2. The molecular formula is C13H21N5O2. The lowest BCUT2D eigenvalue weighted by atomic mass is 9.96. The molecule has 1 saturated carbocycles. The van der Waals surface area contributed by atoms with E-state index in [0.717, 1.165) is 12.8 Å². The van der Waals surface area contributed by atoms with Crippen LogP contribution < -0.4 is 10.6 Å². The second kappa shape index (κ2) is 5.60. The summed E-state index contributed by atoms with van der Waals surface area (Å²) in [7, 11) is 0. The van der Waals surface area contributed by atoms with Gasteiger partial charge in [0, 0.05) is 24.4 Å². The number of nitrogens with one attached hydrogen (secondary N) is 3.